The zero-order valence-corrected chi connectivity index (χ0v) is 23.5. The van der Waals surface area contributed by atoms with Crippen LogP contribution in [0.3, 0.4) is 0 Å². The molecular formula is C33H24BrN3O4. The second kappa shape index (κ2) is 9.52. The number of rotatable bonds is 5. The SMILES string of the molecule is COc1ccccc1C(=O)N/N=C/C12c3ccccc3C(c3ccccc31)[C@@H]1C(=O)N(c3ccc(Br)cc3)C(=O)[C@@H]12. The molecule has 4 aromatic carbocycles. The summed E-state index contributed by atoms with van der Waals surface area (Å²) < 4.78 is 6.20. The van der Waals surface area contributed by atoms with E-state index in [-0.39, 0.29) is 17.7 Å². The highest BCUT2D eigenvalue weighted by Gasteiger charge is 2.68. The maximum absolute atomic E-state index is 14.4. The van der Waals surface area contributed by atoms with E-state index in [4.69, 9.17) is 4.74 Å². The van der Waals surface area contributed by atoms with Gasteiger partial charge in [-0.15, -0.1) is 0 Å². The van der Waals surface area contributed by atoms with Crippen LogP contribution in [-0.4, -0.2) is 31.0 Å². The summed E-state index contributed by atoms with van der Waals surface area (Å²) in [6.45, 7) is 0. The molecule has 2 bridgehead atoms. The number of imide groups is 1. The monoisotopic (exact) mass is 605 g/mol. The van der Waals surface area contributed by atoms with Crippen LogP contribution >= 0.6 is 15.9 Å². The Morgan fingerprint density at radius 3 is 2.15 bits per heavy atom. The summed E-state index contributed by atoms with van der Waals surface area (Å²) in [6, 6.07) is 29.9. The Hall–Kier alpha value is -4.56. The molecule has 0 spiro atoms. The number of hydrazone groups is 1. The van der Waals surface area contributed by atoms with E-state index in [1.165, 1.54) is 12.0 Å². The largest absolute Gasteiger partial charge is 0.496 e. The highest BCUT2D eigenvalue weighted by atomic mass is 79.9. The van der Waals surface area contributed by atoms with Crippen LogP contribution in [0.5, 0.6) is 5.75 Å². The predicted octanol–water partition coefficient (Wildman–Crippen LogP) is 5.42. The van der Waals surface area contributed by atoms with Crippen molar-refractivity contribution in [3.8, 4) is 5.75 Å². The molecule has 0 saturated carbocycles. The molecule has 202 valence electrons. The van der Waals surface area contributed by atoms with E-state index in [9.17, 15) is 14.4 Å². The van der Waals surface area contributed by atoms with Gasteiger partial charge in [0.1, 0.15) is 5.75 Å². The number of amides is 3. The average molecular weight is 606 g/mol. The third-order valence-corrected chi connectivity index (χ3v) is 9.08. The molecule has 1 saturated heterocycles. The Labute approximate surface area is 245 Å². The van der Waals surface area contributed by atoms with E-state index in [0.29, 0.717) is 17.0 Å². The zero-order valence-electron chi connectivity index (χ0n) is 22.0. The van der Waals surface area contributed by atoms with Crippen LogP contribution in [0, 0.1) is 11.8 Å². The smallest absolute Gasteiger partial charge is 0.275 e. The van der Waals surface area contributed by atoms with Crippen LogP contribution in [0.25, 0.3) is 0 Å². The average Bonchev–Trinajstić information content (AvgIpc) is 3.28. The van der Waals surface area contributed by atoms with E-state index in [0.717, 1.165) is 26.7 Å². The lowest BCUT2D eigenvalue weighted by Gasteiger charge is -2.52. The summed E-state index contributed by atoms with van der Waals surface area (Å²) in [5.74, 6) is -2.15. The van der Waals surface area contributed by atoms with E-state index < -0.39 is 23.2 Å². The number of hydrogen-bond donors (Lipinski definition) is 1. The van der Waals surface area contributed by atoms with Crippen LogP contribution in [0.4, 0.5) is 5.69 Å². The van der Waals surface area contributed by atoms with Crippen LogP contribution in [-0.2, 0) is 15.0 Å². The van der Waals surface area contributed by atoms with E-state index in [2.05, 4.69) is 26.5 Å². The molecule has 0 aromatic heterocycles. The molecule has 7 nitrogen and oxygen atoms in total. The fourth-order valence-corrected chi connectivity index (χ4v) is 7.24. The standard InChI is InChI=1S/C33H24BrN3O4/c1-41-26-13-7-4-10-23(26)30(38)36-35-18-33-24-11-5-2-8-21(24)27(22-9-3-6-12-25(22)33)28-29(33)32(40)37(31(28)39)20-16-14-19(34)15-17-20/h2-18,27-29H,1H3,(H,36,38)/b35-18+/t27?,28-,29+,33?/m0/s1. The van der Waals surface area contributed by atoms with Gasteiger partial charge in [-0.05, 0) is 58.7 Å². The molecule has 41 heavy (non-hydrogen) atoms. The summed E-state index contributed by atoms with van der Waals surface area (Å²) in [7, 11) is 1.50. The number of para-hydroxylation sites is 1. The second-order valence-corrected chi connectivity index (χ2v) is 11.3. The first kappa shape index (κ1) is 25.4. The van der Waals surface area contributed by atoms with Crippen molar-refractivity contribution in [2.24, 2.45) is 16.9 Å². The van der Waals surface area contributed by atoms with Gasteiger partial charge in [0.2, 0.25) is 11.8 Å². The zero-order chi connectivity index (χ0) is 28.3. The fourth-order valence-electron chi connectivity index (χ4n) is 6.98. The summed E-state index contributed by atoms with van der Waals surface area (Å²) >= 11 is 3.44. The normalized spacial score (nSPS) is 23.8. The topological polar surface area (TPSA) is 88.1 Å². The van der Waals surface area contributed by atoms with Crippen molar-refractivity contribution in [2.45, 2.75) is 11.3 Å². The van der Waals surface area contributed by atoms with Crippen molar-refractivity contribution >= 4 is 45.6 Å². The van der Waals surface area contributed by atoms with Gasteiger partial charge >= 0.3 is 0 Å². The molecule has 2 atom stereocenters. The minimum absolute atomic E-state index is 0.229. The summed E-state index contributed by atoms with van der Waals surface area (Å²) in [5, 5.41) is 4.47. The van der Waals surface area contributed by atoms with Gasteiger partial charge in [0, 0.05) is 16.6 Å². The lowest BCUT2D eigenvalue weighted by Crippen LogP contribution is -2.54. The molecule has 1 heterocycles. The summed E-state index contributed by atoms with van der Waals surface area (Å²) in [6.07, 6.45) is 1.65. The number of carbonyl (C=O) groups excluding carboxylic acids is 3. The maximum atomic E-state index is 14.4. The van der Waals surface area contributed by atoms with Gasteiger partial charge in [-0.25, -0.2) is 10.3 Å². The Kier molecular flexibility index (Phi) is 5.90. The van der Waals surface area contributed by atoms with Gasteiger partial charge in [0.25, 0.3) is 5.91 Å². The number of nitrogens with zero attached hydrogens (tertiary/aromatic N) is 2. The van der Waals surface area contributed by atoms with E-state index in [1.807, 2.05) is 60.7 Å². The number of carbonyl (C=O) groups is 3. The molecule has 1 fully saturated rings. The van der Waals surface area contributed by atoms with Crippen molar-refractivity contribution in [1.82, 2.24) is 5.43 Å². The fraction of sp³-hybridized carbons (Fsp3) is 0.152. The van der Waals surface area contributed by atoms with Crippen molar-refractivity contribution in [3.63, 3.8) is 0 Å². The summed E-state index contributed by atoms with van der Waals surface area (Å²) in [5.41, 5.74) is 6.26. The van der Waals surface area contributed by atoms with Gasteiger partial charge in [-0.3, -0.25) is 14.4 Å². The lowest BCUT2D eigenvalue weighted by molar-refractivity contribution is -0.122. The van der Waals surface area contributed by atoms with Gasteiger partial charge in [-0.1, -0.05) is 76.6 Å². The Bertz CT molecular complexity index is 1720. The first-order valence-corrected chi connectivity index (χ1v) is 14.1. The number of methoxy groups -OCH3 is 1. The third kappa shape index (κ3) is 3.56. The number of anilines is 1. The molecule has 4 aromatic rings. The number of nitrogens with one attached hydrogen (secondary N) is 1. The molecule has 3 amide bonds. The minimum Gasteiger partial charge on any atom is -0.496 e. The van der Waals surface area contributed by atoms with E-state index >= 15 is 0 Å². The number of ether oxygens (including phenoxy) is 1. The molecule has 1 N–H and O–H groups in total. The second-order valence-electron chi connectivity index (χ2n) is 10.4. The van der Waals surface area contributed by atoms with Crippen LogP contribution in [0.15, 0.2) is 107 Å². The number of halogens is 1. The van der Waals surface area contributed by atoms with Crippen LogP contribution in [0.1, 0.15) is 38.5 Å². The predicted molar refractivity (Wildman–Crippen MR) is 158 cm³/mol. The van der Waals surface area contributed by atoms with Crippen molar-refractivity contribution in [2.75, 3.05) is 12.0 Å². The molecule has 0 radical (unpaired) electrons. The maximum Gasteiger partial charge on any atom is 0.275 e. The molecular weight excluding hydrogens is 582 g/mol. The van der Waals surface area contributed by atoms with Crippen molar-refractivity contribution in [3.05, 3.63) is 129 Å². The van der Waals surface area contributed by atoms with Crippen LogP contribution in [0.2, 0.25) is 0 Å². The molecule has 0 unspecified atom stereocenters. The Balaban J connectivity index is 1.39. The van der Waals surface area contributed by atoms with E-state index in [1.54, 1.807) is 42.6 Å². The van der Waals surface area contributed by atoms with Crippen molar-refractivity contribution in [1.29, 1.82) is 0 Å². The van der Waals surface area contributed by atoms with Crippen LogP contribution < -0.4 is 15.1 Å². The summed E-state index contributed by atoms with van der Waals surface area (Å²) in [4.78, 5) is 43.0. The van der Waals surface area contributed by atoms with Crippen molar-refractivity contribution < 1.29 is 19.1 Å². The van der Waals surface area contributed by atoms with Gasteiger partial charge in [-0.2, -0.15) is 5.10 Å². The molecule has 8 rings (SSSR count). The number of hydrogen-bond acceptors (Lipinski definition) is 5. The number of benzene rings is 4. The lowest BCUT2D eigenvalue weighted by atomic mass is 9.47. The highest BCUT2D eigenvalue weighted by Crippen LogP contribution is 2.63. The van der Waals surface area contributed by atoms with Gasteiger partial charge in [0.05, 0.1) is 35.6 Å². The molecule has 1 aliphatic heterocycles. The minimum atomic E-state index is -1.07. The highest BCUT2D eigenvalue weighted by molar-refractivity contribution is 9.10. The molecule has 3 aliphatic carbocycles. The molecule has 4 aliphatic rings. The quantitative estimate of drug-likeness (QED) is 0.187. The first-order chi connectivity index (χ1) is 20.0. The third-order valence-electron chi connectivity index (χ3n) is 8.55. The first-order valence-electron chi connectivity index (χ1n) is 13.3. The molecule has 8 heteroatoms. The Morgan fingerprint density at radius 2 is 1.49 bits per heavy atom. The van der Waals surface area contributed by atoms with Gasteiger partial charge in [0.15, 0.2) is 0 Å². The Morgan fingerprint density at radius 1 is 0.878 bits per heavy atom. The van der Waals surface area contributed by atoms with Gasteiger partial charge < -0.3 is 4.74 Å².